The quantitative estimate of drug-likeness (QED) is 0.761. The first-order valence-electron chi connectivity index (χ1n) is 7.62. The standard InChI is InChI=1S/C18H20N2O4/c1-2-23-12-17(21)19-20-18(22)13-24-16-10-8-15(9-11-16)14-6-4-3-5-7-14/h3-11H,2,12-13H2,1H3,(H,19,21)(H,20,22). The number of carbonyl (C=O) groups is 2. The lowest BCUT2D eigenvalue weighted by Crippen LogP contribution is -2.45. The van der Waals surface area contributed by atoms with E-state index in [2.05, 4.69) is 10.9 Å². The fourth-order valence-corrected chi connectivity index (χ4v) is 1.93. The molecular weight excluding hydrogens is 308 g/mol. The highest BCUT2D eigenvalue weighted by molar-refractivity contribution is 5.83. The predicted octanol–water partition coefficient (Wildman–Crippen LogP) is 1.92. The molecule has 0 saturated heterocycles. The maximum absolute atomic E-state index is 11.6. The molecule has 6 heteroatoms. The Morgan fingerprint density at radius 3 is 2.04 bits per heavy atom. The van der Waals surface area contributed by atoms with Gasteiger partial charge in [0.05, 0.1) is 0 Å². The number of benzene rings is 2. The average molecular weight is 328 g/mol. The van der Waals surface area contributed by atoms with Crippen LogP contribution in [0.2, 0.25) is 0 Å². The summed E-state index contributed by atoms with van der Waals surface area (Å²) >= 11 is 0. The summed E-state index contributed by atoms with van der Waals surface area (Å²) in [5.41, 5.74) is 6.67. The summed E-state index contributed by atoms with van der Waals surface area (Å²) in [6.45, 7) is 1.92. The van der Waals surface area contributed by atoms with E-state index in [0.717, 1.165) is 11.1 Å². The molecule has 0 unspecified atom stereocenters. The molecule has 126 valence electrons. The first-order chi connectivity index (χ1) is 11.7. The van der Waals surface area contributed by atoms with Crippen molar-refractivity contribution in [3.63, 3.8) is 0 Å². The van der Waals surface area contributed by atoms with E-state index in [1.807, 2.05) is 42.5 Å². The zero-order valence-electron chi connectivity index (χ0n) is 13.5. The van der Waals surface area contributed by atoms with E-state index >= 15 is 0 Å². The molecule has 0 aliphatic carbocycles. The van der Waals surface area contributed by atoms with Crippen molar-refractivity contribution < 1.29 is 19.1 Å². The fraction of sp³-hybridized carbons (Fsp3) is 0.222. The van der Waals surface area contributed by atoms with Crippen molar-refractivity contribution in [3.05, 3.63) is 54.6 Å². The van der Waals surface area contributed by atoms with Gasteiger partial charge in [-0.1, -0.05) is 42.5 Å². The molecule has 0 saturated carbocycles. The van der Waals surface area contributed by atoms with Crippen LogP contribution in [0.1, 0.15) is 6.92 Å². The van der Waals surface area contributed by atoms with Gasteiger partial charge in [-0.3, -0.25) is 20.4 Å². The minimum absolute atomic E-state index is 0.0986. The van der Waals surface area contributed by atoms with E-state index in [9.17, 15) is 9.59 Å². The van der Waals surface area contributed by atoms with Crippen LogP contribution in [0.15, 0.2) is 54.6 Å². The van der Waals surface area contributed by atoms with Crippen LogP contribution >= 0.6 is 0 Å². The molecule has 0 heterocycles. The molecule has 2 aromatic carbocycles. The molecule has 2 amide bonds. The molecule has 0 spiro atoms. The van der Waals surface area contributed by atoms with Gasteiger partial charge < -0.3 is 9.47 Å². The van der Waals surface area contributed by atoms with Crippen molar-refractivity contribution in [1.29, 1.82) is 0 Å². The van der Waals surface area contributed by atoms with Gasteiger partial charge >= 0.3 is 0 Å². The molecule has 0 atom stereocenters. The van der Waals surface area contributed by atoms with Gasteiger partial charge in [-0.15, -0.1) is 0 Å². The number of rotatable bonds is 7. The van der Waals surface area contributed by atoms with Crippen LogP contribution in [0.25, 0.3) is 11.1 Å². The van der Waals surface area contributed by atoms with Gasteiger partial charge in [0.1, 0.15) is 12.4 Å². The summed E-state index contributed by atoms with van der Waals surface area (Å²) in [6, 6.07) is 17.4. The van der Waals surface area contributed by atoms with Gasteiger partial charge in [-0.2, -0.15) is 0 Å². The number of ether oxygens (including phenoxy) is 2. The van der Waals surface area contributed by atoms with Crippen LogP contribution < -0.4 is 15.6 Å². The Labute approximate surface area is 140 Å². The fourth-order valence-electron chi connectivity index (χ4n) is 1.93. The Bertz CT molecular complexity index is 656. The third-order valence-electron chi connectivity index (χ3n) is 3.11. The van der Waals surface area contributed by atoms with Gasteiger partial charge in [0.15, 0.2) is 6.61 Å². The van der Waals surface area contributed by atoms with Crippen LogP contribution in [-0.2, 0) is 14.3 Å². The van der Waals surface area contributed by atoms with Gasteiger partial charge in [0, 0.05) is 6.61 Å². The van der Waals surface area contributed by atoms with Gasteiger partial charge in [0.2, 0.25) is 0 Å². The smallest absolute Gasteiger partial charge is 0.276 e. The molecule has 6 nitrogen and oxygen atoms in total. The highest BCUT2D eigenvalue weighted by Gasteiger charge is 2.06. The third kappa shape index (κ3) is 5.73. The van der Waals surface area contributed by atoms with Crippen LogP contribution in [-0.4, -0.2) is 31.6 Å². The number of carbonyl (C=O) groups excluding carboxylic acids is 2. The summed E-state index contributed by atoms with van der Waals surface area (Å²) in [7, 11) is 0. The molecular formula is C18H20N2O4. The van der Waals surface area contributed by atoms with Crippen molar-refractivity contribution in [1.82, 2.24) is 10.9 Å². The molecule has 0 radical (unpaired) electrons. The van der Waals surface area contributed by atoms with Crippen molar-refractivity contribution in [2.45, 2.75) is 6.92 Å². The molecule has 2 rings (SSSR count). The predicted molar refractivity (Wildman–Crippen MR) is 90.2 cm³/mol. The molecule has 0 aliphatic heterocycles. The molecule has 0 aliphatic rings. The SMILES string of the molecule is CCOCC(=O)NNC(=O)COc1ccc(-c2ccccc2)cc1. The van der Waals surface area contributed by atoms with Gasteiger partial charge in [0.25, 0.3) is 11.8 Å². The average Bonchev–Trinajstić information content (AvgIpc) is 2.64. The van der Waals surface area contributed by atoms with Crippen molar-refractivity contribution >= 4 is 11.8 Å². The monoisotopic (exact) mass is 328 g/mol. The minimum atomic E-state index is -0.452. The zero-order valence-corrected chi connectivity index (χ0v) is 13.5. The Hall–Kier alpha value is -2.86. The number of amides is 2. The number of hydrogen-bond acceptors (Lipinski definition) is 4. The Kier molecular flexibility index (Phi) is 6.79. The molecule has 2 N–H and O–H groups in total. The molecule has 0 fully saturated rings. The van der Waals surface area contributed by atoms with Crippen LogP contribution in [0.4, 0.5) is 0 Å². The van der Waals surface area contributed by atoms with E-state index in [-0.39, 0.29) is 13.2 Å². The van der Waals surface area contributed by atoms with E-state index in [1.165, 1.54) is 0 Å². The highest BCUT2D eigenvalue weighted by atomic mass is 16.5. The summed E-state index contributed by atoms with van der Waals surface area (Å²) in [5.74, 6) is -0.296. The van der Waals surface area contributed by atoms with Gasteiger partial charge in [-0.25, -0.2) is 0 Å². The zero-order chi connectivity index (χ0) is 17.2. The molecule has 24 heavy (non-hydrogen) atoms. The molecule has 2 aromatic rings. The van der Waals surface area contributed by atoms with E-state index in [0.29, 0.717) is 12.4 Å². The first kappa shape index (κ1) is 17.5. The second-order valence-corrected chi connectivity index (χ2v) is 4.91. The third-order valence-corrected chi connectivity index (χ3v) is 3.11. The Morgan fingerprint density at radius 1 is 0.833 bits per heavy atom. The van der Waals surface area contributed by atoms with E-state index < -0.39 is 11.8 Å². The van der Waals surface area contributed by atoms with Crippen LogP contribution in [0.5, 0.6) is 5.75 Å². The van der Waals surface area contributed by atoms with Crippen molar-refractivity contribution in [2.24, 2.45) is 0 Å². The first-order valence-corrected chi connectivity index (χ1v) is 7.62. The number of hydrazine groups is 1. The Balaban J connectivity index is 1.76. The number of hydrogen-bond donors (Lipinski definition) is 2. The van der Waals surface area contributed by atoms with Crippen molar-refractivity contribution in [3.8, 4) is 16.9 Å². The summed E-state index contributed by atoms with van der Waals surface area (Å²) < 4.78 is 10.3. The molecule has 0 bridgehead atoms. The summed E-state index contributed by atoms with van der Waals surface area (Å²) in [6.07, 6.45) is 0. The van der Waals surface area contributed by atoms with Gasteiger partial charge in [-0.05, 0) is 30.2 Å². The van der Waals surface area contributed by atoms with Crippen LogP contribution in [0, 0.1) is 0 Å². The largest absolute Gasteiger partial charge is 0.484 e. The van der Waals surface area contributed by atoms with E-state index in [4.69, 9.17) is 9.47 Å². The second kappa shape index (κ2) is 9.32. The summed E-state index contributed by atoms with van der Waals surface area (Å²) in [4.78, 5) is 22.9. The number of nitrogens with one attached hydrogen (secondary N) is 2. The maximum atomic E-state index is 11.6. The summed E-state index contributed by atoms with van der Waals surface area (Å²) in [5, 5.41) is 0. The van der Waals surface area contributed by atoms with Crippen molar-refractivity contribution in [2.75, 3.05) is 19.8 Å². The maximum Gasteiger partial charge on any atom is 0.276 e. The normalized spacial score (nSPS) is 10.0. The molecule has 0 aromatic heterocycles. The van der Waals surface area contributed by atoms with E-state index in [1.54, 1.807) is 19.1 Å². The highest BCUT2D eigenvalue weighted by Crippen LogP contribution is 2.21. The van der Waals surface area contributed by atoms with Crippen LogP contribution in [0.3, 0.4) is 0 Å². The lowest BCUT2D eigenvalue weighted by Gasteiger charge is -2.09. The topological polar surface area (TPSA) is 76.7 Å². The lowest BCUT2D eigenvalue weighted by atomic mass is 10.1. The lowest BCUT2D eigenvalue weighted by molar-refractivity contribution is -0.132. The second-order valence-electron chi connectivity index (χ2n) is 4.91. The Morgan fingerprint density at radius 2 is 1.42 bits per heavy atom. The minimum Gasteiger partial charge on any atom is -0.484 e.